The molecular weight excluding hydrogens is 266 g/mol. The van der Waals surface area contributed by atoms with E-state index in [1.807, 2.05) is 6.07 Å². The minimum Gasteiger partial charge on any atom is -0.367 e. The molecule has 0 saturated heterocycles. The SMILES string of the molecule is C=C(CN(CC)c1cccc2ccccc12)c1ccccc1. The van der Waals surface area contributed by atoms with Gasteiger partial charge in [0.25, 0.3) is 0 Å². The number of nitrogens with zero attached hydrogens (tertiary/aromatic N) is 1. The molecule has 3 rings (SSSR count). The molecule has 0 heterocycles. The second kappa shape index (κ2) is 6.48. The molecule has 0 fully saturated rings. The molecule has 0 aromatic heterocycles. The minimum atomic E-state index is 0.842. The normalized spacial score (nSPS) is 10.6. The predicted octanol–water partition coefficient (Wildman–Crippen LogP) is 5.38. The zero-order valence-corrected chi connectivity index (χ0v) is 13.0. The van der Waals surface area contributed by atoms with Crippen LogP contribution in [-0.2, 0) is 0 Å². The Kier molecular flexibility index (Phi) is 4.24. The quantitative estimate of drug-likeness (QED) is 0.609. The highest BCUT2D eigenvalue weighted by Gasteiger charge is 2.10. The maximum Gasteiger partial charge on any atom is 0.0448 e. The summed E-state index contributed by atoms with van der Waals surface area (Å²) in [6.45, 7) is 8.27. The molecule has 0 spiro atoms. The van der Waals surface area contributed by atoms with E-state index in [1.165, 1.54) is 22.0 Å². The second-order valence-electron chi connectivity index (χ2n) is 5.48. The van der Waals surface area contributed by atoms with E-state index in [0.717, 1.165) is 18.7 Å². The Balaban J connectivity index is 1.92. The number of likely N-dealkylation sites (N-methyl/N-ethyl adjacent to an activating group) is 1. The van der Waals surface area contributed by atoms with Crippen molar-refractivity contribution >= 4 is 22.0 Å². The van der Waals surface area contributed by atoms with E-state index < -0.39 is 0 Å². The lowest BCUT2D eigenvalue weighted by Crippen LogP contribution is -2.24. The van der Waals surface area contributed by atoms with E-state index in [1.54, 1.807) is 0 Å². The van der Waals surface area contributed by atoms with E-state index in [0.29, 0.717) is 0 Å². The van der Waals surface area contributed by atoms with E-state index in [-0.39, 0.29) is 0 Å². The Labute approximate surface area is 132 Å². The molecule has 0 saturated carbocycles. The van der Waals surface area contributed by atoms with Crippen molar-refractivity contribution < 1.29 is 0 Å². The molecule has 0 N–H and O–H groups in total. The second-order valence-corrected chi connectivity index (χ2v) is 5.48. The van der Waals surface area contributed by atoms with E-state index >= 15 is 0 Å². The van der Waals surface area contributed by atoms with Gasteiger partial charge in [-0.05, 0) is 29.5 Å². The summed E-state index contributed by atoms with van der Waals surface area (Å²) < 4.78 is 0. The van der Waals surface area contributed by atoms with Crippen LogP contribution in [0.15, 0.2) is 79.4 Å². The zero-order chi connectivity index (χ0) is 15.4. The summed E-state index contributed by atoms with van der Waals surface area (Å²) in [6.07, 6.45) is 0. The third-order valence-electron chi connectivity index (χ3n) is 4.05. The highest BCUT2D eigenvalue weighted by molar-refractivity contribution is 5.94. The maximum absolute atomic E-state index is 4.28. The summed E-state index contributed by atoms with van der Waals surface area (Å²) in [5.74, 6) is 0. The van der Waals surface area contributed by atoms with Crippen molar-refractivity contribution in [3.8, 4) is 0 Å². The molecule has 3 aromatic rings. The van der Waals surface area contributed by atoms with Crippen molar-refractivity contribution in [2.24, 2.45) is 0 Å². The standard InChI is InChI=1S/C21H21N/c1-3-22(16-17(2)18-10-5-4-6-11-18)21-15-9-13-19-12-7-8-14-20(19)21/h4-15H,2-3,16H2,1H3. The number of hydrogen-bond donors (Lipinski definition) is 0. The van der Waals surface area contributed by atoms with Crippen molar-refractivity contribution in [2.75, 3.05) is 18.0 Å². The molecule has 1 heteroatoms. The fourth-order valence-electron chi connectivity index (χ4n) is 2.85. The van der Waals surface area contributed by atoms with Crippen molar-refractivity contribution in [1.82, 2.24) is 0 Å². The number of rotatable bonds is 5. The smallest absolute Gasteiger partial charge is 0.0448 e. The molecule has 0 unspecified atom stereocenters. The van der Waals surface area contributed by atoms with Crippen LogP contribution in [0.25, 0.3) is 16.3 Å². The molecule has 0 bridgehead atoms. The Bertz CT molecular complexity index is 769. The highest BCUT2D eigenvalue weighted by Crippen LogP contribution is 2.28. The molecule has 0 aliphatic carbocycles. The lowest BCUT2D eigenvalue weighted by atomic mass is 10.0. The monoisotopic (exact) mass is 287 g/mol. The first-order chi connectivity index (χ1) is 10.8. The molecule has 1 nitrogen and oxygen atoms in total. The van der Waals surface area contributed by atoms with Crippen molar-refractivity contribution in [1.29, 1.82) is 0 Å². The summed E-state index contributed by atoms with van der Waals surface area (Å²) in [4.78, 5) is 2.39. The van der Waals surface area contributed by atoms with Gasteiger partial charge in [0.15, 0.2) is 0 Å². The summed E-state index contributed by atoms with van der Waals surface area (Å²) in [5.41, 5.74) is 3.63. The summed E-state index contributed by atoms with van der Waals surface area (Å²) in [5, 5.41) is 2.58. The van der Waals surface area contributed by atoms with Crippen LogP contribution >= 0.6 is 0 Å². The fourth-order valence-corrected chi connectivity index (χ4v) is 2.85. The van der Waals surface area contributed by atoms with Gasteiger partial charge in [-0.1, -0.05) is 73.3 Å². The zero-order valence-electron chi connectivity index (χ0n) is 13.0. The number of fused-ring (bicyclic) bond motifs is 1. The van der Waals surface area contributed by atoms with Gasteiger partial charge in [-0.15, -0.1) is 0 Å². The average Bonchev–Trinajstić information content (AvgIpc) is 2.60. The third kappa shape index (κ3) is 2.89. The topological polar surface area (TPSA) is 3.24 Å². The van der Waals surface area contributed by atoms with Crippen molar-refractivity contribution in [2.45, 2.75) is 6.92 Å². The Hall–Kier alpha value is -2.54. The summed E-state index contributed by atoms with van der Waals surface area (Å²) in [6, 6.07) is 25.5. The Morgan fingerprint density at radius 2 is 1.55 bits per heavy atom. The molecule has 110 valence electrons. The van der Waals surface area contributed by atoms with Crippen LogP contribution in [0.5, 0.6) is 0 Å². The minimum absolute atomic E-state index is 0.842. The molecule has 22 heavy (non-hydrogen) atoms. The summed E-state index contributed by atoms with van der Waals surface area (Å²) in [7, 11) is 0. The van der Waals surface area contributed by atoms with Crippen LogP contribution in [0, 0.1) is 0 Å². The van der Waals surface area contributed by atoms with Gasteiger partial charge in [-0.3, -0.25) is 0 Å². The molecule has 0 radical (unpaired) electrons. The van der Waals surface area contributed by atoms with Crippen molar-refractivity contribution in [3.05, 3.63) is 84.9 Å². The van der Waals surface area contributed by atoms with Gasteiger partial charge in [0.1, 0.15) is 0 Å². The molecule has 0 aliphatic rings. The van der Waals surface area contributed by atoms with E-state index in [9.17, 15) is 0 Å². The number of hydrogen-bond acceptors (Lipinski definition) is 1. The third-order valence-corrected chi connectivity index (χ3v) is 4.05. The predicted molar refractivity (Wildman–Crippen MR) is 97.3 cm³/mol. The lowest BCUT2D eigenvalue weighted by molar-refractivity contribution is 0.919. The van der Waals surface area contributed by atoms with Gasteiger partial charge in [-0.2, -0.15) is 0 Å². The van der Waals surface area contributed by atoms with Crippen LogP contribution in [0.4, 0.5) is 5.69 Å². The number of benzene rings is 3. The van der Waals surface area contributed by atoms with Crippen molar-refractivity contribution in [3.63, 3.8) is 0 Å². The molecule has 0 atom stereocenters. The maximum atomic E-state index is 4.28. The first-order valence-corrected chi connectivity index (χ1v) is 7.75. The number of anilines is 1. The van der Waals surface area contributed by atoms with Gasteiger partial charge in [0, 0.05) is 24.2 Å². The molecule has 3 aromatic carbocycles. The van der Waals surface area contributed by atoms with Gasteiger partial charge < -0.3 is 4.90 Å². The molecular formula is C21H21N. The first kappa shape index (κ1) is 14.4. The lowest BCUT2D eigenvalue weighted by Gasteiger charge is -2.26. The fraction of sp³-hybridized carbons (Fsp3) is 0.143. The van der Waals surface area contributed by atoms with E-state index in [2.05, 4.69) is 85.1 Å². The Morgan fingerprint density at radius 3 is 2.32 bits per heavy atom. The highest BCUT2D eigenvalue weighted by atomic mass is 15.1. The van der Waals surface area contributed by atoms with Crippen LogP contribution in [-0.4, -0.2) is 13.1 Å². The first-order valence-electron chi connectivity index (χ1n) is 7.75. The molecule has 0 aliphatic heterocycles. The van der Waals surface area contributed by atoms with Gasteiger partial charge in [0.2, 0.25) is 0 Å². The summed E-state index contributed by atoms with van der Waals surface area (Å²) >= 11 is 0. The Morgan fingerprint density at radius 1 is 0.864 bits per heavy atom. The van der Waals surface area contributed by atoms with Crippen LogP contribution in [0.3, 0.4) is 0 Å². The van der Waals surface area contributed by atoms with Gasteiger partial charge in [0.05, 0.1) is 0 Å². The van der Waals surface area contributed by atoms with Crippen LogP contribution < -0.4 is 4.90 Å². The average molecular weight is 287 g/mol. The van der Waals surface area contributed by atoms with Crippen LogP contribution in [0.2, 0.25) is 0 Å². The van der Waals surface area contributed by atoms with Crippen LogP contribution in [0.1, 0.15) is 12.5 Å². The largest absolute Gasteiger partial charge is 0.367 e. The van der Waals surface area contributed by atoms with Gasteiger partial charge >= 0.3 is 0 Å². The van der Waals surface area contributed by atoms with Gasteiger partial charge in [-0.25, -0.2) is 0 Å². The van der Waals surface area contributed by atoms with E-state index in [4.69, 9.17) is 0 Å². The molecule has 0 amide bonds.